The molecular weight excluding hydrogens is 240 g/mol. The van der Waals surface area contributed by atoms with Gasteiger partial charge >= 0.3 is 0 Å². The molecule has 2 rings (SSSR count). The Bertz CT molecular complexity index is 514. The fourth-order valence-electron chi connectivity index (χ4n) is 2.21. The normalized spacial score (nSPS) is 10.9. The maximum atomic E-state index is 8.73. The minimum atomic E-state index is 0.212. The number of hydrogen-bond donors (Lipinski definition) is 1. The number of hydrogen-bond acceptors (Lipinski definition) is 4. The van der Waals surface area contributed by atoms with Crippen molar-refractivity contribution in [1.29, 1.82) is 0 Å². The van der Waals surface area contributed by atoms with Crippen LogP contribution in [0.5, 0.6) is 0 Å². The zero-order chi connectivity index (χ0) is 13.7. The predicted octanol–water partition coefficient (Wildman–Crippen LogP) is 2.59. The lowest BCUT2D eigenvalue weighted by molar-refractivity contribution is 0.280. The van der Waals surface area contributed by atoms with Crippen LogP contribution in [0.2, 0.25) is 0 Å². The summed E-state index contributed by atoms with van der Waals surface area (Å²) in [5, 5.41) is 12.7. The van der Waals surface area contributed by atoms with Gasteiger partial charge in [0.25, 0.3) is 0 Å². The van der Waals surface area contributed by atoms with Gasteiger partial charge in [-0.05, 0) is 32.3 Å². The molecule has 0 fully saturated rings. The van der Waals surface area contributed by atoms with E-state index in [4.69, 9.17) is 9.63 Å². The van der Waals surface area contributed by atoms with Gasteiger partial charge < -0.3 is 9.63 Å². The van der Waals surface area contributed by atoms with Gasteiger partial charge in [-0.2, -0.15) is 4.98 Å². The highest BCUT2D eigenvalue weighted by molar-refractivity contribution is 5.30. The monoisotopic (exact) mass is 260 g/mol. The quantitative estimate of drug-likeness (QED) is 0.811. The molecule has 0 atom stereocenters. The lowest BCUT2D eigenvalue weighted by atomic mass is 10.1. The molecule has 0 spiro atoms. The van der Waals surface area contributed by atoms with Crippen molar-refractivity contribution in [2.24, 2.45) is 0 Å². The molecule has 2 aromatic rings. The standard InChI is InChI=1S/C15H20N2O2/c1-11-7-12(2)9-13(8-11)10-14-16-15(19-17-14)5-3-4-6-18/h7-9,18H,3-6,10H2,1-2H3. The van der Waals surface area contributed by atoms with Crippen LogP contribution in [0.3, 0.4) is 0 Å². The number of rotatable bonds is 6. The molecule has 0 aliphatic heterocycles. The maximum Gasteiger partial charge on any atom is 0.226 e. The number of aromatic nitrogens is 2. The molecule has 102 valence electrons. The highest BCUT2D eigenvalue weighted by Gasteiger charge is 2.07. The first kappa shape index (κ1) is 13.7. The van der Waals surface area contributed by atoms with Crippen molar-refractivity contribution in [3.05, 3.63) is 46.6 Å². The molecule has 0 saturated carbocycles. The van der Waals surface area contributed by atoms with Gasteiger partial charge in [-0.25, -0.2) is 0 Å². The second-order valence-electron chi connectivity index (χ2n) is 4.96. The van der Waals surface area contributed by atoms with Crippen LogP contribution in [0, 0.1) is 13.8 Å². The number of aryl methyl sites for hydroxylation is 3. The van der Waals surface area contributed by atoms with Crippen LogP contribution in [0.4, 0.5) is 0 Å². The molecule has 4 heteroatoms. The Balaban J connectivity index is 1.99. The number of unbranched alkanes of at least 4 members (excludes halogenated alkanes) is 1. The number of benzene rings is 1. The molecule has 0 unspecified atom stereocenters. The smallest absolute Gasteiger partial charge is 0.226 e. The Morgan fingerprint density at radius 3 is 2.53 bits per heavy atom. The summed E-state index contributed by atoms with van der Waals surface area (Å²) in [5.41, 5.74) is 3.71. The molecule has 1 aromatic heterocycles. The summed E-state index contributed by atoms with van der Waals surface area (Å²) in [4.78, 5) is 4.38. The summed E-state index contributed by atoms with van der Waals surface area (Å²) in [5.74, 6) is 1.39. The van der Waals surface area contributed by atoms with Gasteiger partial charge in [0.05, 0.1) is 0 Å². The van der Waals surface area contributed by atoms with Gasteiger partial charge in [0.2, 0.25) is 5.89 Å². The summed E-state index contributed by atoms with van der Waals surface area (Å²) < 4.78 is 5.20. The van der Waals surface area contributed by atoms with Crippen LogP contribution in [0.25, 0.3) is 0 Å². The fraction of sp³-hybridized carbons (Fsp3) is 0.467. The summed E-state index contributed by atoms with van der Waals surface area (Å²) >= 11 is 0. The maximum absolute atomic E-state index is 8.73. The molecule has 0 aliphatic carbocycles. The molecule has 19 heavy (non-hydrogen) atoms. The van der Waals surface area contributed by atoms with Crippen LogP contribution in [0.1, 0.15) is 41.2 Å². The SMILES string of the molecule is Cc1cc(C)cc(Cc2noc(CCCCO)n2)c1. The molecule has 1 heterocycles. The average molecular weight is 260 g/mol. The van der Waals surface area contributed by atoms with E-state index in [1.54, 1.807) is 0 Å². The van der Waals surface area contributed by atoms with E-state index < -0.39 is 0 Å². The Morgan fingerprint density at radius 1 is 1.11 bits per heavy atom. The van der Waals surface area contributed by atoms with Gasteiger partial charge in [-0.3, -0.25) is 0 Å². The first-order valence-electron chi connectivity index (χ1n) is 6.67. The van der Waals surface area contributed by atoms with Crippen LogP contribution < -0.4 is 0 Å². The van der Waals surface area contributed by atoms with Crippen molar-refractivity contribution in [1.82, 2.24) is 10.1 Å². The summed E-state index contributed by atoms with van der Waals surface area (Å²) in [6.07, 6.45) is 3.09. The Labute approximate surface area is 113 Å². The zero-order valence-electron chi connectivity index (χ0n) is 11.5. The third kappa shape index (κ3) is 4.17. The van der Waals surface area contributed by atoms with E-state index in [1.807, 2.05) is 0 Å². The van der Waals surface area contributed by atoms with E-state index in [9.17, 15) is 0 Å². The Kier molecular flexibility index (Phi) is 4.68. The molecular formula is C15H20N2O2. The van der Waals surface area contributed by atoms with E-state index in [2.05, 4.69) is 42.2 Å². The van der Waals surface area contributed by atoms with Crippen molar-refractivity contribution in [3.8, 4) is 0 Å². The van der Waals surface area contributed by atoms with E-state index in [0.717, 1.165) is 25.1 Å². The fourth-order valence-corrected chi connectivity index (χ4v) is 2.21. The van der Waals surface area contributed by atoms with Gasteiger partial charge in [0, 0.05) is 19.4 Å². The molecule has 0 bridgehead atoms. The molecule has 0 saturated heterocycles. The average Bonchev–Trinajstić information content (AvgIpc) is 2.76. The molecule has 4 nitrogen and oxygen atoms in total. The first-order valence-corrected chi connectivity index (χ1v) is 6.67. The summed E-state index contributed by atoms with van der Waals surface area (Å²) in [6, 6.07) is 6.45. The molecule has 1 N–H and O–H groups in total. The highest BCUT2D eigenvalue weighted by atomic mass is 16.5. The van der Waals surface area contributed by atoms with Crippen molar-refractivity contribution in [3.63, 3.8) is 0 Å². The largest absolute Gasteiger partial charge is 0.396 e. The van der Waals surface area contributed by atoms with Gasteiger partial charge in [0.1, 0.15) is 0 Å². The van der Waals surface area contributed by atoms with Crippen LogP contribution in [-0.4, -0.2) is 21.9 Å². The van der Waals surface area contributed by atoms with Crippen LogP contribution >= 0.6 is 0 Å². The van der Waals surface area contributed by atoms with Crippen molar-refractivity contribution < 1.29 is 9.63 Å². The molecule has 0 radical (unpaired) electrons. The summed E-state index contributed by atoms with van der Waals surface area (Å²) in [7, 11) is 0. The third-order valence-corrected chi connectivity index (χ3v) is 2.95. The Morgan fingerprint density at radius 2 is 1.84 bits per heavy atom. The van der Waals surface area contributed by atoms with E-state index in [-0.39, 0.29) is 6.61 Å². The molecule has 0 aliphatic rings. The van der Waals surface area contributed by atoms with Crippen molar-refractivity contribution in [2.75, 3.05) is 6.61 Å². The molecule has 1 aromatic carbocycles. The summed E-state index contributed by atoms with van der Waals surface area (Å²) in [6.45, 7) is 4.39. The lowest BCUT2D eigenvalue weighted by Gasteiger charge is -2.01. The van der Waals surface area contributed by atoms with E-state index in [0.29, 0.717) is 12.3 Å². The first-order chi connectivity index (χ1) is 9.17. The topological polar surface area (TPSA) is 59.2 Å². The second kappa shape index (κ2) is 6.48. The van der Waals surface area contributed by atoms with E-state index in [1.165, 1.54) is 16.7 Å². The Hall–Kier alpha value is -1.68. The minimum Gasteiger partial charge on any atom is -0.396 e. The van der Waals surface area contributed by atoms with Crippen LogP contribution in [-0.2, 0) is 12.8 Å². The number of aliphatic hydroxyl groups excluding tert-OH is 1. The van der Waals surface area contributed by atoms with Gasteiger partial charge in [0.15, 0.2) is 5.82 Å². The predicted molar refractivity (Wildman–Crippen MR) is 73.0 cm³/mol. The van der Waals surface area contributed by atoms with Gasteiger partial charge in [-0.1, -0.05) is 34.5 Å². The lowest BCUT2D eigenvalue weighted by Crippen LogP contribution is -1.94. The second-order valence-corrected chi connectivity index (χ2v) is 4.96. The minimum absolute atomic E-state index is 0.212. The number of aliphatic hydroxyl groups is 1. The van der Waals surface area contributed by atoms with Crippen LogP contribution in [0.15, 0.2) is 22.7 Å². The van der Waals surface area contributed by atoms with Crippen molar-refractivity contribution >= 4 is 0 Å². The zero-order valence-corrected chi connectivity index (χ0v) is 11.5. The number of nitrogens with zero attached hydrogens (tertiary/aromatic N) is 2. The van der Waals surface area contributed by atoms with Gasteiger partial charge in [-0.15, -0.1) is 0 Å². The molecule has 0 amide bonds. The highest BCUT2D eigenvalue weighted by Crippen LogP contribution is 2.13. The van der Waals surface area contributed by atoms with Crippen molar-refractivity contribution in [2.45, 2.75) is 39.5 Å². The third-order valence-electron chi connectivity index (χ3n) is 2.95. The van der Waals surface area contributed by atoms with E-state index >= 15 is 0 Å².